The van der Waals surface area contributed by atoms with Gasteiger partial charge in [0.2, 0.25) is 0 Å². The van der Waals surface area contributed by atoms with Crippen LogP contribution < -0.4 is 13.7 Å². The number of para-hydroxylation sites is 1. The standard InChI is InChI=1S/C22H23N4/c1-23-15-8-7-12-19(23)20-13-9-14-21(25(20)3)22-24(2)16-17-26(22)18-10-5-4-6-11-18/h4-17H,1-3H3/q+3. The lowest BCUT2D eigenvalue weighted by Crippen LogP contribution is -2.42. The Morgan fingerprint density at radius 2 is 1.31 bits per heavy atom. The predicted octanol–water partition coefficient (Wildman–Crippen LogP) is 2.28. The molecule has 4 aromatic rings. The second-order valence-electron chi connectivity index (χ2n) is 6.49. The molecule has 0 bridgehead atoms. The molecule has 0 radical (unpaired) electrons. The van der Waals surface area contributed by atoms with E-state index in [9.17, 15) is 0 Å². The average molecular weight is 343 g/mol. The van der Waals surface area contributed by atoms with Crippen LogP contribution in [0.15, 0.2) is 85.3 Å². The second kappa shape index (κ2) is 6.56. The fourth-order valence-corrected chi connectivity index (χ4v) is 3.43. The van der Waals surface area contributed by atoms with Gasteiger partial charge in [-0.05, 0) is 24.3 Å². The summed E-state index contributed by atoms with van der Waals surface area (Å²) in [6.07, 6.45) is 6.28. The topological polar surface area (TPSA) is 16.6 Å². The number of imidazole rings is 1. The summed E-state index contributed by atoms with van der Waals surface area (Å²) >= 11 is 0. The molecule has 0 aliphatic heterocycles. The Morgan fingerprint density at radius 1 is 0.615 bits per heavy atom. The monoisotopic (exact) mass is 343 g/mol. The van der Waals surface area contributed by atoms with Gasteiger partial charge in [0.05, 0.1) is 7.05 Å². The van der Waals surface area contributed by atoms with Crippen LogP contribution in [0, 0.1) is 0 Å². The molecule has 3 aromatic heterocycles. The predicted molar refractivity (Wildman–Crippen MR) is 100 cm³/mol. The van der Waals surface area contributed by atoms with E-state index in [-0.39, 0.29) is 0 Å². The lowest BCUT2D eigenvalue weighted by molar-refractivity contribution is -0.697. The third-order valence-electron chi connectivity index (χ3n) is 4.81. The third kappa shape index (κ3) is 2.69. The number of aryl methyl sites for hydroxylation is 2. The van der Waals surface area contributed by atoms with Gasteiger partial charge in [0, 0.05) is 24.3 Å². The number of benzene rings is 1. The second-order valence-corrected chi connectivity index (χ2v) is 6.49. The van der Waals surface area contributed by atoms with Gasteiger partial charge in [-0.3, -0.25) is 0 Å². The first-order valence-electron chi connectivity index (χ1n) is 8.73. The maximum absolute atomic E-state index is 2.25. The molecule has 0 saturated heterocycles. The molecule has 1 aromatic carbocycles. The molecule has 0 saturated carbocycles. The molecule has 0 aliphatic carbocycles. The molecule has 128 valence electrons. The zero-order valence-corrected chi connectivity index (χ0v) is 15.4. The van der Waals surface area contributed by atoms with Gasteiger partial charge in [-0.1, -0.05) is 18.2 Å². The van der Waals surface area contributed by atoms with E-state index in [1.165, 1.54) is 11.4 Å². The molecular formula is C22H23N4+3. The Bertz CT molecular complexity index is 1060. The van der Waals surface area contributed by atoms with E-state index >= 15 is 0 Å². The van der Waals surface area contributed by atoms with E-state index in [4.69, 9.17) is 0 Å². The Morgan fingerprint density at radius 3 is 2.08 bits per heavy atom. The van der Waals surface area contributed by atoms with Crippen molar-refractivity contribution in [3.8, 4) is 28.6 Å². The summed E-state index contributed by atoms with van der Waals surface area (Å²) in [6, 6.07) is 23.2. The number of aromatic nitrogens is 4. The number of pyridine rings is 2. The van der Waals surface area contributed by atoms with Crippen molar-refractivity contribution in [3.63, 3.8) is 0 Å². The van der Waals surface area contributed by atoms with Crippen LogP contribution >= 0.6 is 0 Å². The lowest BCUT2D eigenvalue weighted by Gasteiger charge is -2.04. The fourth-order valence-electron chi connectivity index (χ4n) is 3.43. The van der Waals surface area contributed by atoms with E-state index in [0.717, 1.165) is 17.2 Å². The van der Waals surface area contributed by atoms with Crippen molar-refractivity contribution in [1.29, 1.82) is 0 Å². The van der Waals surface area contributed by atoms with Crippen molar-refractivity contribution in [2.75, 3.05) is 0 Å². The third-order valence-corrected chi connectivity index (χ3v) is 4.81. The molecule has 0 spiro atoms. The quantitative estimate of drug-likeness (QED) is 0.508. The molecule has 0 fully saturated rings. The largest absolute Gasteiger partial charge is 0.359 e. The van der Waals surface area contributed by atoms with Gasteiger partial charge >= 0.3 is 5.82 Å². The van der Waals surface area contributed by atoms with Crippen LogP contribution in [0.3, 0.4) is 0 Å². The van der Waals surface area contributed by atoms with Crippen molar-refractivity contribution >= 4 is 0 Å². The molecule has 0 atom stereocenters. The van der Waals surface area contributed by atoms with E-state index < -0.39 is 0 Å². The Kier molecular flexibility index (Phi) is 4.09. The van der Waals surface area contributed by atoms with Crippen molar-refractivity contribution in [3.05, 3.63) is 85.3 Å². The van der Waals surface area contributed by atoms with Gasteiger partial charge in [0.15, 0.2) is 6.20 Å². The van der Waals surface area contributed by atoms with Gasteiger partial charge in [0.25, 0.3) is 17.1 Å². The minimum Gasteiger partial charge on any atom is -0.227 e. The SMILES string of the molecule is C[n+]1ccccc1-c1cccc(-c2n(-c3ccccc3)cc[n+]2C)[n+]1C. The van der Waals surface area contributed by atoms with Crippen LogP contribution in [-0.4, -0.2) is 4.57 Å². The van der Waals surface area contributed by atoms with Gasteiger partial charge in [-0.15, -0.1) is 0 Å². The minimum atomic E-state index is 1.14. The summed E-state index contributed by atoms with van der Waals surface area (Å²) in [5, 5.41) is 0. The zero-order valence-electron chi connectivity index (χ0n) is 15.4. The number of rotatable bonds is 3. The summed E-state index contributed by atoms with van der Waals surface area (Å²) in [4.78, 5) is 0. The first kappa shape index (κ1) is 16.2. The van der Waals surface area contributed by atoms with Crippen LogP contribution in [-0.2, 0) is 21.1 Å². The summed E-state index contributed by atoms with van der Waals surface area (Å²) < 4.78 is 8.79. The molecule has 3 heterocycles. The van der Waals surface area contributed by atoms with Crippen LogP contribution in [0.2, 0.25) is 0 Å². The van der Waals surface area contributed by atoms with E-state index in [1.54, 1.807) is 0 Å². The van der Waals surface area contributed by atoms with E-state index in [1.807, 2.05) is 12.1 Å². The average Bonchev–Trinajstić information content (AvgIpc) is 3.05. The van der Waals surface area contributed by atoms with Crippen molar-refractivity contribution in [1.82, 2.24) is 4.57 Å². The highest BCUT2D eigenvalue weighted by atomic mass is 15.2. The highest BCUT2D eigenvalue weighted by Gasteiger charge is 2.30. The molecule has 0 unspecified atom stereocenters. The molecule has 4 nitrogen and oxygen atoms in total. The lowest BCUT2D eigenvalue weighted by atomic mass is 10.2. The molecule has 4 rings (SSSR count). The van der Waals surface area contributed by atoms with Gasteiger partial charge < -0.3 is 0 Å². The number of hydrogen-bond donors (Lipinski definition) is 0. The summed E-state index contributed by atoms with van der Waals surface area (Å²) in [6.45, 7) is 0. The summed E-state index contributed by atoms with van der Waals surface area (Å²) in [5.74, 6) is 1.14. The molecule has 4 heteroatoms. The first-order chi connectivity index (χ1) is 12.7. The van der Waals surface area contributed by atoms with Crippen molar-refractivity contribution in [2.24, 2.45) is 21.1 Å². The number of hydrogen-bond acceptors (Lipinski definition) is 0. The highest BCUT2D eigenvalue weighted by Crippen LogP contribution is 2.19. The van der Waals surface area contributed by atoms with E-state index in [2.05, 4.69) is 113 Å². The smallest absolute Gasteiger partial charge is 0.227 e. The molecule has 26 heavy (non-hydrogen) atoms. The van der Waals surface area contributed by atoms with Crippen molar-refractivity contribution < 1.29 is 13.7 Å². The van der Waals surface area contributed by atoms with Crippen LogP contribution in [0.25, 0.3) is 28.6 Å². The minimum absolute atomic E-state index is 1.14. The maximum atomic E-state index is 2.25. The molecule has 0 aliphatic rings. The summed E-state index contributed by atoms with van der Waals surface area (Å²) in [7, 11) is 6.29. The van der Waals surface area contributed by atoms with Crippen LogP contribution in [0.5, 0.6) is 0 Å². The van der Waals surface area contributed by atoms with Crippen LogP contribution in [0.1, 0.15) is 0 Å². The Labute approximate surface area is 153 Å². The van der Waals surface area contributed by atoms with Crippen molar-refractivity contribution in [2.45, 2.75) is 0 Å². The summed E-state index contributed by atoms with van der Waals surface area (Å²) in [5.41, 5.74) is 4.66. The fraction of sp³-hybridized carbons (Fsp3) is 0.136. The van der Waals surface area contributed by atoms with Gasteiger partial charge in [-0.25, -0.2) is 4.57 Å². The normalized spacial score (nSPS) is 10.9. The number of nitrogens with zero attached hydrogens (tertiary/aromatic N) is 4. The molecule has 0 N–H and O–H groups in total. The maximum Gasteiger partial charge on any atom is 0.359 e. The zero-order chi connectivity index (χ0) is 18.1. The van der Waals surface area contributed by atoms with Crippen LogP contribution in [0.4, 0.5) is 0 Å². The molecule has 0 amide bonds. The van der Waals surface area contributed by atoms with E-state index in [0.29, 0.717) is 0 Å². The highest BCUT2D eigenvalue weighted by molar-refractivity contribution is 5.53. The Balaban J connectivity index is 1.93. The Hall–Kier alpha value is -3.27. The van der Waals surface area contributed by atoms with Gasteiger partial charge in [0.1, 0.15) is 32.2 Å². The first-order valence-corrected chi connectivity index (χ1v) is 8.73. The van der Waals surface area contributed by atoms with Gasteiger partial charge in [-0.2, -0.15) is 13.7 Å². The molecular weight excluding hydrogens is 320 g/mol.